The fraction of sp³-hybridized carbons (Fsp3) is 0.762. The van der Waals surface area contributed by atoms with Crippen LogP contribution in [-0.2, 0) is 16.1 Å². The Kier molecular flexibility index (Phi) is 9.42. The number of unbranched alkanes of at least 4 members (excludes halogenated alkanes) is 1. The van der Waals surface area contributed by atoms with Crippen molar-refractivity contribution in [2.75, 3.05) is 44.0 Å². The van der Waals surface area contributed by atoms with E-state index < -0.39 is 11.2 Å². The molecule has 1 heterocycles. The standard InChI is InChI=1S/C21H37N5O4/c1-4-6-12-26-19(22)18(20(28)23-21(26)29)24(13-14-30-3)15-17(27)25(5-2)16-10-8-7-9-11-16/h16H,4-15,22H2,1-3H3,(H,23,28,29). The van der Waals surface area contributed by atoms with Gasteiger partial charge in [-0.3, -0.25) is 19.1 Å². The maximum atomic E-state index is 13.2. The Hall–Kier alpha value is -2.29. The Balaban J connectivity index is 2.33. The van der Waals surface area contributed by atoms with Crippen molar-refractivity contribution in [3.63, 3.8) is 0 Å². The smallest absolute Gasteiger partial charge is 0.330 e. The number of carbonyl (C=O) groups is 1. The van der Waals surface area contributed by atoms with Crippen molar-refractivity contribution in [3.05, 3.63) is 20.8 Å². The van der Waals surface area contributed by atoms with E-state index in [4.69, 9.17) is 10.5 Å². The van der Waals surface area contributed by atoms with Gasteiger partial charge >= 0.3 is 5.69 Å². The van der Waals surface area contributed by atoms with Crippen LogP contribution in [0.1, 0.15) is 58.8 Å². The van der Waals surface area contributed by atoms with Gasteiger partial charge in [-0.25, -0.2) is 4.79 Å². The van der Waals surface area contributed by atoms with Crippen molar-refractivity contribution in [1.82, 2.24) is 14.5 Å². The van der Waals surface area contributed by atoms with E-state index in [1.165, 1.54) is 11.0 Å². The minimum atomic E-state index is -0.574. The van der Waals surface area contributed by atoms with E-state index >= 15 is 0 Å². The van der Waals surface area contributed by atoms with E-state index in [1.54, 1.807) is 12.0 Å². The normalized spacial score (nSPS) is 14.6. The fourth-order valence-electron chi connectivity index (χ4n) is 4.18. The van der Waals surface area contributed by atoms with Crippen molar-refractivity contribution in [3.8, 4) is 0 Å². The maximum absolute atomic E-state index is 13.2. The lowest BCUT2D eigenvalue weighted by atomic mass is 9.94. The number of nitrogens with one attached hydrogen (secondary N) is 1. The number of aromatic nitrogens is 2. The number of ether oxygens (including phenoxy) is 1. The Morgan fingerprint density at radius 2 is 1.93 bits per heavy atom. The molecule has 1 saturated carbocycles. The Morgan fingerprint density at radius 1 is 1.23 bits per heavy atom. The predicted molar refractivity (Wildman–Crippen MR) is 119 cm³/mol. The summed E-state index contributed by atoms with van der Waals surface area (Å²) in [5, 5.41) is 0. The number of amides is 1. The van der Waals surface area contributed by atoms with Crippen LogP contribution in [0.15, 0.2) is 9.59 Å². The Bertz CT molecular complexity index is 798. The molecule has 1 aliphatic carbocycles. The van der Waals surface area contributed by atoms with Gasteiger partial charge < -0.3 is 20.3 Å². The zero-order valence-electron chi connectivity index (χ0n) is 18.6. The van der Waals surface area contributed by atoms with Crippen LogP contribution in [0.3, 0.4) is 0 Å². The highest BCUT2D eigenvalue weighted by Crippen LogP contribution is 2.23. The number of hydrogen-bond donors (Lipinski definition) is 2. The number of H-pyrrole nitrogens is 1. The van der Waals surface area contributed by atoms with Crippen molar-refractivity contribution in [2.24, 2.45) is 0 Å². The van der Waals surface area contributed by atoms with Crippen LogP contribution in [0.2, 0.25) is 0 Å². The lowest BCUT2D eigenvalue weighted by Crippen LogP contribution is -2.48. The summed E-state index contributed by atoms with van der Waals surface area (Å²) in [6.07, 6.45) is 7.17. The molecule has 0 atom stereocenters. The molecule has 1 aliphatic rings. The molecule has 3 N–H and O–H groups in total. The van der Waals surface area contributed by atoms with Gasteiger partial charge in [0.25, 0.3) is 5.56 Å². The summed E-state index contributed by atoms with van der Waals surface area (Å²) >= 11 is 0. The number of aromatic amines is 1. The highest BCUT2D eigenvalue weighted by Gasteiger charge is 2.27. The van der Waals surface area contributed by atoms with Gasteiger partial charge in [0.05, 0.1) is 13.2 Å². The number of rotatable bonds is 11. The van der Waals surface area contributed by atoms with Gasteiger partial charge in [-0.15, -0.1) is 0 Å². The third kappa shape index (κ3) is 5.87. The molecule has 30 heavy (non-hydrogen) atoms. The van der Waals surface area contributed by atoms with Crippen molar-refractivity contribution >= 4 is 17.4 Å². The van der Waals surface area contributed by atoms with Gasteiger partial charge in [0.2, 0.25) is 5.91 Å². The van der Waals surface area contributed by atoms with Crippen molar-refractivity contribution < 1.29 is 9.53 Å². The number of nitrogens with two attached hydrogens (primary N) is 1. The lowest BCUT2D eigenvalue weighted by molar-refractivity contribution is -0.132. The first-order valence-electron chi connectivity index (χ1n) is 11.1. The number of nitrogen functional groups attached to an aromatic ring is 1. The second-order valence-electron chi connectivity index (χ2n) is 7.88. The number of methoxy groups -OCH3 is 1. The highest BCUT2D eigenvalue weighted by molar-refractivity contribution is 5.83. The predicted octanol–water partition coefficient (Wildman–Crippen LogP) is 1.55. The average molecular weight is 424 g/mol. The number of likely N-dealkylation sites (N-methyl/N-ethyl adjacent to an activating group) is 1. The molecule has 2 rings (SSSR count). The number of carbonyl (C=O) groups excluding carboxylic acids is 1. The largest absolute Gasteiger partial charge is 0.383 e. The molecule has 1 fully saturated rings. The molecule has 0 aromatic carbocycles. The molecule has 0 radical (unpaired) electrons. The molecule has 9 nitrogen and oxygen atoms in total. The average Bonchev–Trinajstić information content (AvgIpc) is 2.72. The second-order valence-corrected chi connectivity index (χ2v) is 7.88. The third-order valence-corrected chi connectivity index (χ3v) is 5.83. The first kappa shape index (κ1) is 24.0. The zero-order chi connectivity index (χ0) is 22.1. The van der Waals surface area contributed by atoms with Crippen molar-refractivity contribution in [1.29, 1.82) is 0 Å². The topological polar surface area (TPSA) is 114 Å². The van der Waals surface area contributed by atoms with Crippen molar-refractivity contribution in [2.45, 2.75) is 71.4 Å². The maximum Gasteiger partial charge on any atom is 0.330 e. The van der Waals surface area contributed by atoms with Gasteiger partial charge in [0.15, 0.2) is 0 Å². The SMILES string of the molecule is CCCCn1c(N)c(N(CCOC)CC(=O)N(CC)C2CCCCC2)c(=O)[nH]c1=O. The molecule has 9 heteroatoms. The summed E-state index contributed by atoms with van der Waals surface area (Å²) in [5.41, 5.74) is 5.33. The van der Waals surface area contributed by atoms with Crippen LogP contribution in [0.5, 0.6) is 0 Å². The fourth-order valence-corrected chi connectivity index (χ4v) is 4.18. The number of hydrogen-bond acceptors (Lipinski definition) is 6. The molecule has 0 unspecified atom stereocenters. The van der Waals surface area contributed by atoms with E-state index in [0.29, 0.717) is 26.2 Å². The summed E-state index contributed by atoms with van der Waals surface area (Å²) < 4.78 is 6.57. The highest BCUT2D eigenvalue weighted by atomic mass is 16.5. The molecule has 0 aliphatic heterocycles. The van der Waals surface area contributed by atoms with E-state index in [2.05, 4.69) is 4.98 Å². The van der Waals surface area contributed by atoms with E-state index in [0.717, 1.165) is 38.5 Å². The molecular formula is C21H37N5O4. The molecule has 1 amide bonds. The first-order valence-corrected chi connectivity index (χ1v) is 11.1. The zero-order valence-corrected chi connectivity index (χ0v) is 18.6. The summed E-state index contributed by atoms with van der Waals surface area (Å²) in [7, 11) is 1.57. The van der Waals surface area contributed by atoms with Gasteiger partial charge in [0, 0.05) is 32.8 Å². The first-order chi connectivity index (χ1) is 14.4. The van der Waals surface area contributed by atoms with Gasteiger partial charge in [-0.2, -0.15) is 0 Å². The van der Waals surface area contributed by atoms with Crippen LogP contribution in [0.4, 0.5) is 11.5 Å². The van der Waals surface area contributed by atoms with Crippen LogP contribution in [0.25, 0.3) is 0 Å². The van der Waals surface area contributed by atoms with Crippen LogP contribution < -0.4 is 21.9 Å². The summed E-state index contributed by atoms with van der Waals surface area (Å²) in [6.45, 7) is 5.72. The lowest BCUT2D eigenvalue weighted by Gasteiger charge is -2.35. The molecule has 1 aromatic heterocycles. The van der Waals surface area contributed by atoms with Gasteiger partial charge in [-0.1, -0.05) is 32.6 Å². The molecule has 1 aromatic rings. The van der Waals surface area contributed by atoms with Crippen LogP contribution in [-0.4, -0.2) is 59.8 Å². The third-order valence-electron chi connectivity index (χ3n) is 5.83. The van der Waals surface area contributed by atoms with Gasteiger partial charge in [0.1, 0.15) is 11.5 Å². The summed E-state index contributed by atoms with van der Waals surface area (Å²) in [6, 6.07) is 0.245. The van der Waals surface area contributed by atoms with Crippen LogP contribution in [0, 0.1) is 0 Å². The minimum absolute atomic E-state index is 0.0208. The summed E-state index contributed by atoms with van der Waals surface area (Å²) in [5.74, 6) is 0.0624. The molecule has 0 spiro atoms. The Morgan fingerprint density at radius 3 is 2.53 bits per heavy atom. The van der Waals surface area contributed by atoms with E-state index in [9.17, 15) is 14.4 Å². The quantitative estimate of drug-likeness (QED) is 0.558. The monoisotopic (exact) mass is 423 g/mol. The van der Waals surface area contributed by atoms with E-state index in [1.807, 2.05) is 18.7 Å². The Labute approximate surface area is 178 Å². The number of nitrogens with zero attached hydrogens (tertiary/aromatic N) is 3. The minimum Gasteiger partial charge on any atom is -0.383 e. The molecule has 170 valence electrons. The second kappa shape index (κ2) is 11.8. The van der Waals surface area contributed by atoms with Gasteiger partial charge in [-0.05, 0) is 26.2 Å². The van der Waals surface area contributed by atoms with Crippen LogP contribution >= 0.6 is 0 Å². The molecule has 0 saturated heterocycles. The summed E-state index contributed by atoms with van der Waals surface area (Å²) in [4.78, 5) is 44.0. The molecular weight excluding hydrogens is 386 g/mol. The number of anilines is 2. The molecule has 0 bridgehead atoms. The van der Waals surface area contributed by atoms with E-state index in [-0.39, 0.29) is 30.0 Å².